The fraction of sp³-hybridized carbons (Fsp3) is 0.526. The molecule has 1 saturated heterocycles. The molecule has 0 radical (unpaired) electrons. The summed E-state index contributed by atoms with van der Waals surface area (Å²) in [6.07, 6.45) is 9.47. The Balaban J connectivity index is 0.000000254. The van der Waals surface area contributed by atoms with Crippen molar-refractivity contribution in [2.45, 2.75) is 50.0 Å². The lowest BCUT2D eigenvalue weighted by Gasteiger charge is -2.56. The first kappa shape index (κ1) is 15.3. The third kappa shape index (κ3) is 2.58. The van der Waals surface area contributed by atoms with Gasteiger partial charge < -0.3 is 11.1 Å². The van der Waals surface area contributed by atoms with Crippen LogP contribution in [0.2, 0.25) is 0 Å². The highest BCUT2D eigenvalue weighted by Gasteiger charge is 2.51. The smallest absolute Gasteiger partial charge is 0.240 e. The molecule has 0 spiro atoms. The van der Waals surface area contributed by atoms with Crippen molar-refractivity contribution in [1.82, 2.24) is 5.32 Å². The average Bonchev–Trinajstić information content (AvgIpc) is 2.55. The van der Waals surface area contributed by atoms with Crippen LogP contribution in [0.1, 0.15) is 43.2 Å². The number of carbonyl (C=O) groups excluding carboxylic acids is 1. The average molecular weight is 298 g/mol. The van der Waals surface area contributed by atoms with Crippen molar-refractivity contribution in [2.24, 2.45) is 11.7 Å². The first-order valence-electron chi connectivity index (χ1n) is 8.41. The van der Waals surface area contributed by atoms with Crippen molar-refractivity contribution in [3.8, 4) is 0 Å². The number of nitrogens with two attached hydrogens (primary N) is 1. The molecule has 1 amide bonds. The van der Waals surface area contributed by atoms with Gasteiger partial charge in [0.05, 0.1) is 0 Å². The molecule has 0 aromatic heterocycles. The van der Waals surface area contributed by atoms with Crippen molar-refractivity contribution < 1.29 is 4.79 Å². The molecule has 1 saturated carbocycles. The maximum Gasteiger partial charge on any atom is 0.240 e. The lowest BCUT2D eigenvalue weighted by molar-refractivity contribution is -0.113. The Morgan fingerprint density at radius 2 is 2.09 bits per heavy atom. The van der Waals surface area contributed by atoms with Gasteiger partial charge in [-0.1, -0.05) is 43.7 Å². The maximum atomic E-state index is 9.47. The quantitative estimate of drug-likeness (QED) is 0.783. The number of carbonyl (C=O) groups is 1. The number of hydrogen-bond acceptors (Lipinski definition) is 2. The summed E-state index contributed by atoms with van der Waals surface area (Å²) in [5.41, 5.74) is 8.42. The van der Waals surface area contributed by atoms with E-state index in [1.165, 1.54) is 45.1 Å². The van der Waals surface area contributed by atoms with E-state index in [1.807, 2.05) is 0 Å². The van der Waals surface area contributed by atoms with Crippen LogP contribution in [0.3, 0.4) is 0 Å². The highest BCUT2D eigenvalue weighted by atomic mass is 16.1. The SMILES string of the molecule is C=CC(N)=O.c1ccc2c(c1)C[C@H]1NCC[C@@]23CCCC[C@@H]13. The molecule has 2 aliphatic carbocycles. The molecule has 2 bridgehead atoms. The number of piperidine rings is 1. The zero-order chi connectivity index (χ0) is 15.6. The standard InChI is InChI=1S/C16H21N.C3H5NO/c1-2-6-13-12(5-1)11-15-14-7-3-4-8-16(13,14)9-10-17-15;1-2-3(4)5/h1-2,5-6,14-15,17H,3-4,7-11H2;2H,1H2,(H2,4,5)/t14-,15+,16-;/m0./s1. The summed E-state index contributed by atoms with van der Waals surface area (Å²) in [6.45, 7) is 4.32. The van der Waals surface area contributed by atoms with Crippen molar-refractivity contribution in [3.05, 3.63) is 48.0 Å². The third-order valence-corrected chi connectivity index (χ3v) is 5.76. The van der Waals surface area contributed by atoms with Gasteiger partial charge in [-0.05, 0) is 55.3 Å². The third-order valence-electron chi connectivity index (χ3n) is 5.76. The molecule has 3 N–H and O–H groups in total. The maximum absolute atomic E-state index is 9.47. The van der Waals surface area contributed by atoms with Gasteiger partial charge >= 0.3 is 0 Å². The first-order valence-corrected chi connectivity index (χ1v) is 8.41. The number of fused-ring (bicyclic) bond motifs is 1. The van der Waals surface area contributed by atoms with E-state index in [-0.39, 0.29) is 0 Å². The zero-order valence-electron chi connectivity index (χ0n) is 13.2. The van der Waals surface area contributed by atoms with Crippen LogP contribution in [0.4, 0.5) is 0 Å². The molecule has 3 aliphatic rings. The van der Waals surface area contributed by atoms with Crippen LogP contribution in [0.5, 0.6) is 0 Å². The van der Waals surface area contributed by atoms with Crippen molar-refractivity contribution in [3.63, 3.8) is 0 Å². The largest absolute Gasteiger partial charge is 0.366 e. The lowest BCUT2D eigenvalue weighted by Crippen LogP contribution is -2.59. The molecule has 3 heteroatoms. The Morgan fingerprint density at radius 3 is 2.86 bits per heavy atom. The van der Waals surface area contributed by atoms with Gasteiger partial charge in [0, 0.05) is 11.5 Å². The Morgan fingerprint density at radius 1 is 1.32 bits per heavy atom. The number of benzene rings is 1. The summed E-state index contributed by atoms with van der Waals surface area (Å²) in [5, 5.41) is 3.79. The molecular formula is C19H26N2O. The number of rotatable bonds is 1. The van der Waals surface area contributed by atoms with Crippen LogP contribution in [0, 0.1) is 5.92 Å². The van der Waals surface area contributed by atoms with Gasteiger partial charge in [-0.25, -0.2) is 0 Å². The van der Waals surface area contributed by atoms with Gasteiger partial charge in [-0.15, -0.1) is 0 Å². The second-order valence-corrected chi connectivity index (χ2v) is 6.79. The Kier molecular flexibility index (Phi) is 4.34. The number of primary amides is 1. The van der Waals surface area contributed by atoms with Crippen LogP contribution in [0.25, 0.3) is 0 Å². The summed E-state index contributed by atoms with van der Waals surface area (Å²) in [7, 11) is 0. The van der Waals surface area contributed by atoms with E-state index in [1.54, 1.807) is 11.1 Å². The van der Waals surface area contributed by atoms with Gasteiger partial charge in [-0.2, -0.15) is 0 Å². The highest BCUT2D eigenvalue weighted by molar-refractivity contribution is 5.84. The topological polar surface area (TPSA) is 55.1 Å². The molecule has 0 unspecified atom stereocenters. The molecule has 3 nitrogen and oxygen atoms in total. The van der Waals surface area contributed by atoms with Crippen LogP contribution in [-0.2, 0) is 16.6 Å². The van der Waals surface area contributed by atoms with Crippen molar-refractivity contribution >= 4 is 5.91 Å². The van der Waals surface area contributed by atoms with Gasteiger partial charge in [0.15, 0.2) is 0 Å². The molecule has 2 fully saturated rings. The zero-order valence-corrected chi connectivity index (χ0v) is 13.2. The summed E-state index contributed by atoms with van der Waals surface area (Å²) < 4.78 is 0. The minimum atomic E-state index is -0.481. The number of amides is 1. The van der Waals surface area contributed by atoms with Gasteiger partial charge in [0.25, 0.3) is 0 Å². The Hall–Kier alpha value is -1.61. The lowest BCUT2D eigenvalue weighted by atomic mass is 9.53. The van der Waals surface area contributed by atoms with E-state index in [2.05, 4.69) is 41.9 Å². The van der Waals surface area contributed by atoms with E-state index in [0.29, 0.717) is 5.41 Å². The summed E-state index contributed by atoms with van der Waals surface area (Å²) in [5.74, 6) is 0.435. The molecule has 1 aromatic rings. The summed E-state index contributed by atoms with van der Waals surface area (Å²) in [6, 6.07) is 10.0. The molecule has 4 rings (SSSR count). The van der Waals surface area contributed by atoms with Crippen LogP contribution < -0.4 is 11.1 Å². The van der Waals surface area contributed by atoms with Gasteiger partial charge in [-0.3, -0.25) is 4.79 Å². The second kappa shape index (κ2) is 6.25. The van der Waals surface area contributed by atoms with Crippen LogP contribution >= 0.6 is 0 Å². The fourth-order valence-electron chi connectivity index (χ4n) is 4.89. The summed E-state index contributed by atoms with van der Waals surface area (Å²) in [4.78, 5) is 9.47. The molecule has 118 valence electrons. The van der Waals surface area contributed by atoms with Crippen molar-refractivity contribution in [2.75, 3.05) is 6.54 Å². The molecular weight excluding hydrogens is 272 g/mol. The van der Waals surface area contributed by atoms with Gasteiger partial charge in [0.1, 0.15) is 0 Å². The minimum absolute atomic E-state index is 0.481. The predicted octanol–water partition coefficient (Wildman–Crippen LogP) is 2.69. The predicted molar refractivity (Wildman–Crippen MR) is 89.6 cm³/mol. The van der Waals surface area contributed by atoms with Gasteiger partial charge in [0.2, 0.25) is 5.91 Å². The normalized spacial score (nSPS) is 31.8. The molecule has 1 heterocycles. The fourth-order valence-corrected chi connectivity index (χ4v) is 4.89. The second-order valence-electron chi connectivity index (χ2n) is 6.79. The molecule has 22 heavy (non-hydrogen) atoms. The van der Waals surface area contributed by atoms with E-state index in [0.717, 1.165) is 18.0 Å². The van der Waals surface area contributed by atoms with E-state index in [9.17, 15) is 4.79 Å². The molecule has 1 aliphatic heterocycles. The molecule has 3 atom stereocenters. The minimum Gasteiger partial charge on any atom is -0.366 e. The van der Waals surface area contributed by atoms with E-state index >= 15 is 0 Å². The van der Waals surface area contributed by atoms with E-state index < -0.39 is 5.91 Å². The van der Waals surface area contributed by atoms with E-state index in [4.69, 9.17) is 0 Å². The van der Waals surface area contributed by atoms with Crippen molar-refractivity contribution in [1.29, 1.82) is 0 Å². The highest BCUT2D eigenvalue weighted by Crippen LogP contribution is 2.53. The monoisotopic (exact) mass is 298 g/mol. The Bertz CT molecular complexity index is 564. The summed E-state index contributed by atoms with van der Waals surface area (Å²) >= 11 is 0. The number of nitrogens with one attached hydrogen (secondary N) is 1. The Labute approximate surface area is 133 Å². The molecule has 1 aromatic carbocycles. The first-order chi connectivity index (χ1) is 10.7. The van der Waals surface area contributed by atoms with Crippen LogP contribution in [-0.4, -0.2) is 18.5 Å². The number of hydrogen-bond donors (Lipinski definition) is 2. The van der Waals surface area contributed by atoms with Crippen LogP contribution in [0.15, 0.2) is 36.9 Å².